The van der Waals surface area contributed by atoms with Gasteiger partial charge in [-0.05, 0) is 67.5 Å². The number of rotatable bonds is 8. The largest absolute Gasteiger partial charge is 0.493 e. The van der Waals surface area contributed by atoms with Gasteiger partial charge < -0.3 is 14.4 Å². The molecule has 32 heavy (non-hydrogen) atoms. The molecule has 1 aliphatic heterocycles. The Balaban J connectivity index is 1.24. The van der Waals surface area contributed by atoms with Crippen LogP contribution in [-0.4, -0.2) is 37.3 Å². The average Bonchev–Trinajstić information content (AvgIpc) is 3.19. The minimum atomic E-state index is -0.242. The number of fused-ring (bicyclic) bond motifs is 1. The number of nitrogens with zero attached hydrogens (tertiary/aromatic N) is 2. The minimum Gasteiger partial charge on any atom is -0.493 e. The fourth-order valence-electron chi connectivity index (χ4n) is 4.16. The molecule has 0 bridgehead atoms. The van der Waals surface area contributed by atoms with Gasteiger partial charge in [0.15, 0.2) is 5.13 Å². The van der Waals surface area contributed by atoms with Gasteiger partial charge in [-0.3, -0.25) is 4.79 Å². The van der Waals surface area contributed by atoms with Crippen molar-refractivity contribution in [1.29, 1.82) is 0 Å². The normalized spacial score (nSPS) is 14.7. The van der Waals surface area contributed by atoms with Crippen LogP contribution in [0.3, 0.4) is 0 Å². The third kappa shape index (κ3) is 5.73. The second-order valence-electron chi connectivity index (χ2n) is 8.31. The Bertz CT molecular complexity index is 1080. The van der Waals surface area contributed by atoms with Crippen molar-refractivity contribution in [3.63, 3.8) is 0 Å². The first-order valence-corrected chi connectivity index (χ1v) is 12.3. The first-order chi connectivity index (χ1) is 15.5. The van der Waals surface area contributed by atoms with E-state index in [1.54, 1.807) is 11.3 Å². The van der Waals surface area contributed by atoms with E-state index in [1.165, 1.54) is 6.92 Å². The van der Waals surface area contributed by atoms with Crippen molar-refractivity contribution in [2.45, 2.75) is 39.5 Å². The molecule has 0 N–H and O–H groups in total. The van der Waals surface area contributed by atoms with Crippen molar-refractivity contribution in [2.75, 3.05) is 31.2 Å². The quantitative estimate of drug-likeness (QED) is 0.373. The van der Waals surface area contributed by atoms with Gasteiger partial charge in [-0.25, -0.2) is 4.98 Å². The lowest BCUT2D eigenvalue weighted by atomic mass is 9.94. The van der Waals surface area contributed by atoms with Gasteiger partial charge in [0.1, 0.15) is 5.75 Å². The molecule has 1 saturated heterocycles. The molecular weight excluding hydrogens is 444 g/mol. The van der Waals surface area contributed by atoms with E-state index in [1.807, 2.05) is 30.3 Å². The number of hydrogen-bond acceptors (Lipinski definition) is 6. The summed E-state index contributed by atoms with van der Waals surface area (Å²) in [6.07, 6.45) is 4.07. The lowest BCUT2D eigenvalue weighted by Crippen LogP contribution is -2.34. The molecule has 0 radical (unpaired) electrons. The standard InChI is InChI=1S/C25H29ClN2O3S/c1-17-20(11-15-30-18(2)29)4-3-5-23(17)31-14-10-19-8-12-28(13-9-19)25-27-22-7-6-21(26)16-24(22)32-25/h3-7,16,19H,8-15H2,1-2H3. The third-order valence-electron chi connectivity index (χ3n) is 6.08. The van der Waals surface area contributed by atoms with Crippen LogP contribution < -0.4 is 9.64 Å². The van der Waals surface area contributed by atoms with E-state index < -0.39 is 0 Å². The lowest BCUT2D eigenvalue weighted by Gasteiger charge is -2.31. The number of anilines is 1. The minimum absolute atomic E-state index is 0.242. The van der Waals surface area contributed by atoms with Crippen LogP contribution in [0.4, 0.5) is 5.13 Å². The van der Waals surface area contributed by atoms with E-state index in [0.29, 0.717) is 18.9 Å². The van der Waals surface area contributed by atoms with E-state index in [4.69, 9.17) is 26.1 Å². The number of carbonyl (C=O) groups excluding carboxylic acids is 1. The fourth-order valence-corrected chi connectivity index (χ4v) is 5.46. The molecule has 2 heterocycles. The van der Waals surface area contributed by atoms with Crippen LogP contribution in [0.25, 0.3) is 10.2 Å². The van der Waals surface area contributed by atoms with Gasteiger partial charge in [0.2, 0.25) is 0 Å². The van der Waals surface area contributed by atoms with Crippen molar-refractivity contribution in [2.24, 2.45) is 5.92 Å². The zero-order chi connectivity index (χ0) is 22.5. The highest BCUT2D eigenvalue weighted by Gasteiger charge is 2.22. The molecule has 0 saturated carbocycles. The van der Waals surface area contributed by atoms with Crippen LogP contribution in [0.1, 0.15) is 37.3 Å². The summed E-state index contributed by atoms with van der Waals surface area (Å²) in [7, 11) is 0. The Labute approximate surface area is 198 Å². The second-order valence-corrected chi connectivity index (χ2v) is 9.75. The van der Waals surface area contributed by atoms with Crippen LogP contribution in [0.2, 0.25) is 5.02 Å². The summed E-state index contributed by atoms with van der Waals surface area (Å²) in [5.41, 5.74) is 3.31. The highest BCUT2D eigenvalue weighted by atomic mass is 35.5. The number of esters is 1. The molecule has 1 aromatic heterocycles. The number of aromatic nitrogens is 1. The topological polar surface area (TPSA) is 51.7 Å². The maximum absolute atomic E-state index is 11.0. The Morgan fingerprint density at radius 3 is 2.81 bits per heavy atom. The van der Waals surface area contributed by atoms with Gasteiger partial charge >= 0.3 is 5.97 Å². The number of halogens is 1. The number of piperidine rings is 1. The number of hydrogen-bond donors (Lipinski definition) is 0. The molecular formula is C25H29ClN2O3S. The molecule has 1 fully saturated rings. The maximum atomic E-state index is 11.0. The molecule has 2 aromatic carbocycles. The van der Waals surface area contributed by atoms with Gasteiger partial charge in [0.05, 0.1) is 23.4 Å². The Morgan fingerprint density at radius 2 is 2.03 bits per heavy atom. The summed E-state index contributed by atoms with van der Waals surface area (Å²) in [6, 6.07) is 12.0. The lowest BCUT2D eigenvalue weighted by molar-refractivity contribution is -0.140. The number of ether oxygens (including phenoxy) is 2. The molecule has 1 aliphatic rings. The average molecular weight is 473 g/mol. The summed E-state index contributed by atoms with van der Waals surface area (Å²) in [6.45, 7) is 6.69. The molecule has 170 valence electrons. The Hall–Kier alpha value is -2.31. The Morgan fingerprint density at radius 1 is 1.22 bits per heavy atom. The van der Waals surface area contributed by atoms with Crippen molar-refractivity contribution in [1.82, 2.24) is 4.98 Å². The first kappa shape index (κ1) is 22.9. The fraction of sp³-hybridized carbons (Fsp3) is 0.440. The zero-order valence-corrected chi connectivity index (χ0v) is 20.2. The summed E-state index contributed by atoms with van der Waals surface area (Å²) in [5.74, 6) is 1.35. The Kier molecular flexibility index (Phi) is 7.53. The van der Waals surface area contributed by atoms with Crippen molar-refractivity contribution in [3.05, 3.63) is 52.5 Å². The van der Waals surface area contributed by atoms with Gasteiger partial charge in [-0.1, -0.05) is 35.1 Å². The van der Waals surface area contributed by atoms with E-state index in [-0.39, 0.29) is 5.97 Å². The maximum Gasteiger partial charge on any atom is 0.302 e. The highest BCUT2D eigenvalue weighted by molar-refractivity contribution is 7.22. The molecule has 0 aliphatic carbocycles. The zero-order valence-electron chi connectivity index (χ0n) is 18.6. The molecule has 3 aromatic rings. The van der Waals surface area contributed by atoms with E-state index in [2.05, 4.69) is 17.9 Å². The van der Waals surface area contributed by atoms with Crippen LogP contribution in [0.15, 0.2) is 36.4 Å². The van der Waals surface area contributed by atoms with E-state index >= 15 is 0 Å². The third-order valence-corrected chi connectivity index (χ3v) is 7.39. The van der Waals surface area contributed by atoms with E-state index in [0.717, 1.165) is 76.2 Å². The van der Waals surface area contributed by atoms with Crippen LogP contribution in [0.5, 0.6) is 5.75 Å². The molecule has 4 rings (SSSR count). The monoisotopic (exact) mass is 472 g/mol. The predicted molar refractivity (Wildman–Crippen MR) is 131 cm³/mol. The predicted octanol–water partition coefficient (Wildman–Crippen LogP) is 6.05. The molecule has 0 unspecified atom stereocenters. The van der Waals surface area contributed by atoms with Gasteiger partial charge in [-0.15, -0.1) is 0 Å². The van der Waals surface area contributed by atoms with Crippen LogP contribution in [0, 0.1) is 12.8 Å². The number of thiazole rings is 1. The molecule has 0 atom stereocenters. The van der Waals surface area contributed by atoms with Gasteiger partial charge in [-0.2, -0.15) is 0 Å². The van der Waals surface area contributed by atoms with Crippen LogP contribution >= 0.6 is 22.9 Å². The number of benzene rings is 2. The molecule has 7 heteroatoms. The molecule has 5 nitrogen and oxygen atoms in total. The molecule has 0 amide bonds. The van der Waals surface area contributed by atoms with Crippen molar-refractivity contribution < 1.29 is 14.3 Å². The number of carbonyl (C=O) groups is 1. The second kappa shape index (κ2) is 10.5. The van der Waals surface area contributed by atoms with Crippen LogP contribution in [-0.2, 0) is 16.0 Å². The van der Waals surface area contributed by atoms with Gasteiger partial charge in [0.25, 0.3) is 0 Å². The smallest absolute Gasteiger partial charge is 0.302 e. The van der Waals surface area contributed by atoms with Gasteiger partial charge in [0, 0.05) is 31.5 Å². The van der Waals surface area contributed by atoms with Crippen molar-refractivity contribution in [3.8, 4) is 5.75 Å². The summed E-state index contributed by atoms with van der Waals surface area (Å²) < 4.78 is 12.3. The SMILES string of the molecule is CC(=O)OCCc1cccc(OCCC2CCN(c3nc4ccc(Cl)cc4s3)CC2)c1C. The van der Waals surface area contributed by atoms with Crippen molar-refractivity contribution >= 4 is 44.3 Å². The summed E-state index contributed by atoms with van der Waals surface area (Å²) in [4.78, 5) is 18.2. The summed E-state index contributed by atoms with van der Waals surface area (Å²) in [5, 5.41) is 1.86. The highest BCUT2D eigenvalue weighted by Crippen LogP contribution is 2.33. The van der Waals surface area contributed by atoms with E-state index in [9.17, 15) is 4.79 Å². The summed E-state index contributed by atoms with van der Waals surface area (Å²) >= 11 is 7.84. The molecule has 0 spiro atoms. The first-order valence-electron chi connectivity index (χ1n) is 11.2.